The summed E-state index contributed by atoms with van der Waals surface area (Å²) in [4.78, 5) is 12.6. The number of hydrogen-bond acceptors (Lipinski definition) is 1. The van der Waals surface area contributed by atoms with Crippen LogP contribution >= 0.6 is 0 Å². The van der Waals surface area contributed by atoms with Crippen LogP contribution in [-0.2, 0) is 6.18 Å². The van der Waals surface area contributed by atoms with Crippen molar-refractivity contribution in [1.29, 1.82) is 0 Å². The van der Waals surface area contributed by atoms with Crippen LogP contribution in [0.4, 0.5) is 13.2 Å². The van der Waals surface area contributed by atoms with E-state index in [1.807, 2.05) is 6.07 Å². The zero-order valence-electron chi connectivity index (χ0n) is 15.3. The third-order valence-corrected chi connectivity index (χ3v) is 5.25. The molecule has 1 saturated carbocycles. The fourth-order valence-corrected chi connectivity index (χ4v) is 3.61. The van der Waals surface area contributed by atoms with E-state index in [4.69, 9.17) is 0 Å². The average molecular weight is 375 g/mol. The second-order valence-electron chi connectivity index (χ2n) is 7.24. The van der Waals surface area contributed by atoms with Gasteiger partial charge in [0.1, 0.15) is 0 Å². The number of nitrogens with one attached hydrogen (secondary N) is 1. The van der Waals surface area contributed by atoms with Gasteiger partial charge in [0, 0.05) is 5.56 Å². The summed E-state index contributed by atoms with van der Waals surface area (Å²) in [7, 11) is 0. The van der Waals surface area contributed by atoms with E-state index in [1.54, 1.807) is 24.3 Å². The van der Waals surface area contributed by atoms with Crippen LogP contribution in [0.1, 0.15) is 60.1 Å². The second-order valence-corrected chi connectivity index (χ2v) is 7.24. The van der Waals surface area contributed by atoms with Gasteiger partial charge in [-0.1, -0.05) is 56.5 Å². The molecule has 0 aromatic heterocycles. The standard InChI is InChI=1S/C22H24F3NO/c1-2-3-7-17-14-19(17)20(26-21(27)16-8-5-4-6-9-16)15-10-12-18(13-11-15)22(23,24)25/h4-6,8-13,17,19-20H,2-3,7,14H2,1H3,(H,26,27)/t17-,19+,20?/m1/s1. The summed E-state index contributed by atoms with van der Waals surface area (Å²) in [6.07, 6.45) is -0.0110. The van der Waals surface area contributed by atoms with Gasteiger partial charge >= 0.3 is 6.18 Å². The molecule has 1 N–H and O–H groups in total. The zero-order valence-corrected chi connectivity index (χ0v) is 15.3. The summed E-state index contributed by atoms with van der Waals surface area (Å²) in [5.74, 6) is 0.607. The molecule has 2 nitrogen and oxygen atoms in total. The lowest BCUT2D eigenvalue weighted by molar-refractivity contribution is -0.137. The Hall–Kier alpha value is -2.30. The summed E-state index contributed by atoms with van der Waals surface area (Å²) >= 11 is 0. The lowest BCUT2D eigenvalue weighted by atomic mass is 9.97. The maximum absolute atomic E-state index is 12.9. The Morgan fingerprint density at radius 1 is 1.11 bits per heavy atom. The predicted molar refractivity (Wildman–Crippen MR) is 99.2 cm³/mol. The normalized spacial score (nSPS) is 20.1. The molecule has 5 heteroatoms. The molecule has 0 heterocycles. The van der Waals surface area contributed by atoms with Gasteiger partial charge in [-0.2, -0.15) is 13.2 Å². The largest absolute Gasteiger partial charge is 0.416 e. The molecule has 27 heavy (non-hydrogen) atoms. The first kappa shape index (κ1) is 19.5. The fraction of sp³-hybridized carbons (Fsp3) is 0.409. The maximum Gasteiger partial charge on any atom is 0.416 e. The highest BCUT2D eigenvalue weighted by Crippen LogP contribution is 2.50. The van der Waals surface area contributed by atoms with Crippen molar-refractivity contribution in [3.8, 4) is 0 Å². The quantitative estimate of drug-likeness (QED) is 0.631. The van der Waals surface area contributed by atoms with Crippen molar-refractivity contribution in [1.82, 2.24) is 5.32 Å². The maximum atomic E-state index is 12.9. The molecule has 0 saturated heterocycles. The van der Waals surface area contributed by atoms with E-state index in [0.717, 1.165) is 43.4 Å². The molecule has 2 aromatic carbocycles. The number of unbranched alkanes of at least 4 members (excludes halogenated alkanes) is 1. The number of carbonyl (C=O) groups is 1. The number of alkyl halides is 3. The van der Waals surface area contributed by atoms with E-state index < -0.39 is 11.7 Å². The minimum atomic E-state index is -4.36. The minimum Gasteiger partial charge on any atom is -0.345 e. The van der Waals surface area contributed by atoms with Crippen molar-refractivity contribution in [2.24, 2.45) is 11.8 Å². The van der Waals surface area contributed by atoms with Crippen molar-refractivity contribution < 1.29 is 18.0 Å². The van der Waals surface area contributed by atoms with Gasteiger partial charge in [-0.05, 0) is 48.1 Å². The van der Waals surface area contributed by atoms with Gasteiger partial charge in [-0.3, -0.25) is 4.79 Å². The minimum absolute atomic E-state index is 0.193. The Morgan fingerprint density at radius 2 is 1.78 bits per heavy atom. The second kappa shape index (κ2) is 8.15. The monoisotopic (exact) mass is 375 g/mol. The van der Waals surface area contributed by atoms with Gasteiger partial charge in [-0.25, -0.2) is 0 Å². The van der Waals surface area contributed by atoms with Gasteiger partial charge in [0.15, 0.2) is 0 Å². The molecule has 1 amide bonds. The highest BCUT2D eigenvalue weighted by Gasteiger charge is 2.43. The summed E-state index contributed by atoms with van der Waals surface area (Å²) < 4.78 is 38.6. The van der Waals surface area contributed by atoms with Gasteiger partial charge in [0.05, 0.1) is 11.6 Å². The van der Waals surface area contributed by atoms with Crippen LogP contribution in [-0.4, -0.2) is 5.91 Å². The molecule has 1 aliphatic carbocycles. The van der Waals surface area contributed by atoms with E-state index >= 15 is 0 Å². The lowest BCUT2D eigenvalue weighted by Gasteiger charge is -2.20. The SMILES string of the molecule is CCCC[C@@H]1C[C@@H]1C(NC(=O)c1ccccc1)c1ccc(C(F)(F)F)cc1. The third kappa shape index (κ3) is 4.90. The molecule has 0 bridgehead atoms. The van der Waals surface area contributed by atoms with Gasteiger partial charge in [-0.15, -0.1) is 0 Å². The topological polar surface area (TPSA) is 29.1 Å². The first-order valence-electron chi connectivity index (χ1n) is 9.43. The molecule has 0 spiro atoms. The molecule has 1 unspecified atom stereocenters. The van der Waals surface area contributed by atoms with Gasteiger partial charge < -0.3 is 5.32 Å². The summed E-state index contributed by atoms with van der Waals surface area (Å²) in [5.41, 5.74) is 0.620. The smallest absolute Gasteiger partial charge is 0.345 e. The Morgan fingerprint density at radius 3 is 2.37 bits per heavy atom. The molecule has 2 aromatic rings. The van der Waals surface area contributed by atoms with Crippen LogP contribution in [0.5, 0.6) is 0 Å². The molecule has 1 fully saturated rings. The number of benzene rings is 2. The van der Waals surface area contributed by atoms with Crippen molar-refractivity contribution >= 4 is 5.91 Å². The van der Waals surface area contributed by atoms with Crippen molar-refractivity contribution in [2.75, 3.05) is 0 Å². The molecule has 3 atom stereocenters. The van der Waals surface area contributed by atoms with Crippen LogP contribution in [0.3, 0.4) is 0 Å². The highest BCUT2D eigenvalue weighted by molar-refractivity contribution is 5.94. The van der Waals surface area contributed by atoms with Gasteiger partial charge in [0.25, 0.3) is 5.91 Å². The van der Waals surface area contributed by atoms with Crippen LogP contribution in [0, 0.1) is 11.8 Å². The summed E-state index contributed by atoms with van der Waals surface area (Å²) in [6.45, 7) is 2.14. The number of hydrogen-bond donors (Lipinski definition) is 1. The number of carbonyl (C=O) groups excluding carboxylic acids is 1. The summed E-state index contributed by atoms with van der Waals surface area (Å²) in [5, 5.41) is 3.06. The molecule has 3 rings (SSSR count). The molecule has 1 aliphatic rings. The van der Waals surface area contributed by atoms with E-state index in [0.29, 0.717) is 11.5 Å². The van der Waals surface area contributed by atoms with E-state index in [1.165, 1.54) is 12.1 Å². The first-order valence-corrected chi connectivity index (χ1v) is 9.43. The predicted octanol–water partition coefficient (Wildman–Crippen LogP) is 6.00. The Bertz CT molecular complexity index is 755. The average Bonchev–Trinajstić information content (AvgIpc) is 3.43. The van der Waals surface area contributed by atoms with Crippen molar-refractivity contribution in [2.45, 2.75) is 44.8 Å². The molecular formula is C22H24F3NO. The Kier molecular flexibility index (Phi) is 5.88. The van der Waals surface area contributed by atoms with Crippen molar-refractivity contribution in [3.63, 3.8) is 0 Å². The van der Waals surface area contributed by atoms with E-state index in [2.05, 4.69) is 12.2 Å². The number of rotatable bonds is 7. The molecule has 144 valence electrons. The third-order valence-electron chi connectivity index (χ3n) is 5.25. The molecule has 0 aliphatic heterocycles. The van der Waals surface area contributed by atoms with Crippen molar-refractivity contribution in [3.05, 3.63) is 71.3 Å². The fourth-order valence-electron chi connectivity index (χ4n) is 3.61. The van der Waals surface area contributed by atoms with Crippen LogP contribution in [0.15, 0.2) is 54.6 Å². The number of halogens is 3. The van der Waals surface area contributed by atoms with Crippen LogP contribution in [0.25, 0.3) is 0 Å². The van der Waals surface area contributed by atoms with Crippen LogP contribution in [0.2, 0.25) is 0 Å². The Labute approximate surface area is 157 Å². The molecular weight excluding hydrogens is 351 g/mol. The van der Waals surface area contributed by atoms with Gasteiger partial charge in [0.2, 0.25) is 0 Å². The van der Waals surface area contributed by atoms with E-state index in [9.17, 15) is 18.0 Å². The molecule has 0 radical (unpaired) electrons. The first-order chi connectivity index (χ1) is 12.9. The zero-order chi connectivity index (χ0) is 19.4. The Balaban J connectivity index is 1.79. The van der Waals surface area contributed by atoms with E-state index in [-0.39, 0.29) is 17.9 Å². The summed E-state index contributed by atoms with van der Waals surface area (Å²) in [6, 6.07) is 13.8. The lowest BCUT2D eigenvalue weighted by Crippen LogP contribution is -2.30. The number of amides is 1. The van der Waals surface area contributed by atoms with Crippen LogP contribution < -0.4 is 5.32 Å². The highest BCUT2D eigenvalue weighted by atomic mass is 19.4.